The Labute approximate surface area is 120 Å². The van der Waals surface area contributed by atoms with Crippen molar-refractivity contribution in [3.8, 4) is 0 Å². The van der Waals surface area contributed by atoms with E-state index in [0.717, 1.165) is 24.2 Å². The summed E-state index contributed by atoms with van der Waals surface area (Å²) in [5, 5.41) is 14.1. The van der Waals surface area contributed by atoms with Crippen LogP contribution in [0.3, 0.4) is 0 Å². The Morgan fingerprint density at radius 2 is 1.75 bits per heavy atom. The molecule has 1 atom stereocenters. The topological polar surface area (TPSA) is 79.8 Å². The second-order valence-electron chi connectivity index (χ2n) is 5.84. The largest absolute Gasteiger partial charge is 0.350 e. The van der Waals surface area contributed by atoms with E-state index in [0.29, 0.717) is 5.95 Å². The van der Waals surface area contributed by atoms with Crippen molar-refractivity contribution in [2.24, 2.45) is 0 Å². The molecular weight excluding hydrogens is 254 g/mol. The second kappa shape index (κ2) is 6.63. The third-order valence-electron chi connectivity index (χ3n) is 2.75. The Bertz CT molecular complexity index is 467. The van der Waals surface area contributed by atoms with Crippen LogP contribution >= 0.6 is 0 Å². The van der Waals surface area contributed by atoms with Crippen molar-refractivity contribution < 1.29 is 4.79 Å². The molecule has 112 valence electrons. The molecular formula is C14H25N5O. The van der Waals surface area contributed by atoms with Crippen LogP contribution in [0.5, 0.6) is 0 Å². The summed E-state index contributed by atoms with van der Waals surface area (Å²) in [6, 6.07) is -0.409. The number of nitrogens with zero attached hydrogens (tertiary/aromatic N) is 3. The van der Waals surface area contributed by atoms with E-state index in [4.69, 9.17) is 0 Å². The standard InChI is InChI=1S/C14H25N5O/c1-7-10-11(8-2)18-19-13(16-10)15-9(3)12(20)17-14(4,5)6/h9H,7-8H2,1-6H3,(H,17,20)(H,15,16,19). The maximum Gasteiger partial charge on any atom is 0.243 e. The summed E-state index contributed by atoms with van der Waals surface area (Å²) in [6.07, 6.45) is 1.61. The number of nitrogens with one attached hydrogen (secondary N) is 2. The van der Waals surface area contributed by atoms with Crippen molar-refractivity contribution >= 4 is 11.9 Å². The van der Waals surface area contributed by atoms with Crippen LogP contribution in [-0.4, -0.2) is 32.7 Å². The van der Waals surface area contributed by atoms with E-state index >= 15 is 0 Å². The summed E-state index contributed by atoms with van der Waals surface area (Å²) in [5.41, 5.74) is 1.57. The summed E-state index contributed by atoms with van der Waals surface area (Å²) < 4.78 is 0. The van der Waals surface area contributed by atoms with E-state index in [1.807, 2.05) is 34.6 Å². The summed E-state index contributed by atoms with van der Waals surface area (Å²) >= 11 is 0. The highest BCUT2D eigenvalue weighted by atomic mass is 16.2. The molecule has 0 radical (unpaired) electrons. The summed E-state index contributed by atoms with van der Waals surface area (Å²) in [7, 11) is 0. The number of aromatic nitrogens is 3. The molecule has 1 heterocycles. The summed E-state index contributed by atoms with van der Waals surface area (Å²) in [4.78, 5) is 16.4. The van der Waals surface area contributed by atoms with Crippen molar-refractivity contribution in [2.45, 2.75) is 66.0 Å². The van der Waals surface area contributed by atoms with Gasteiger partial charge in [0.15, 0.2) is 0 Å². The predicted octanol–water partition coefficient (Wildman–Crippen LogP) is 1.71. The lowest BCUT2D eigenvalue weighted by Gasteiger charge is -2.23. The van der Waals surface area contributed by atoms with Gasteiger partial charge in [0.1, 0.15) is 6.04 Å². The molecule has 1 aromatic rings. The maximum atomic E-state index is 12.0. The second-order valence-corrected chi connectivity index (χ2v) is 5.84. The lowest BCUT2D eigenvalue weighted by atomic mass is 10.1. The number of carbonyl (C=O) groups excluding carboxylic acids is 1. The van der Waals surface area contributed by atoms with Crippen molar-refractivity contribution in [1.82, 2.24) is 20.5 Å². The monoisotopic (exact) mass is 279 g/mol. The van der Waals surface area contributed by atoms with Gasteiger partial charge in [-0.05, 0) is 40.5 Å². The molecule has 6 heteroatoms. The van der Waals surface area contributed by atoms with Gasteiger partial charge in [0, 0.05) is 5.54 Å². The van der Waals surface area contributed by atoms with Crippen LogP contribution in [0.1, 0.15) is 52.9 Å². The molecule has 20 heavy (non-hydrogen) atoms. The number of carbonyl (C=O) groups is 1. The van der Waals surface area contributed by atoms with E-state index in [1.54, 1.807) is 6.92 Å². The van der Waals surface area contributed by atoms with Gasteiger partial charge in [-0.25, -0.2) is 4.98 Å². The van der Waals surface area contributed by atoms with Gasteiger partial charge < -0.3 is 10.6 Å². The van der Waals surface area contributed by atoms with Crippen LogP contribution in [0.4, 0.5) is 5.95 Å². The first-order valence-electron chi connectivity index (χ1n) is 7.07. The molecule has 6 nitrogen and oxygen atoms in total. The van der Waals surface area contributed by atoms with Crippen molar-refractivity contribution in [1.29, 1.82) is 0 Å². The third-order valence-corrected chi connectivity index (χ3v) is 2.75. The number of amides is 1. The van der Waals surface area contributed by atoms with Crippen molar-refractivity contribution in [2.75, 3.05) is 5.32 Å². The number of aryl methyl sites for hydroxylation is 2. The van der Waals surface area contributed by atoms with Gasteiger partial charge in [0.05, 0.1) is 11.4 Å². The first-order chi connectivity index (χ1) is 9.26. The first kappa shape index (κ1) is 16.3. The van der Waals surface area contributed by atoms with E-state index in [9.17, 15) is 4.79 Å². The van der Waals surface area contributed by atoms with E-state index in [2.05, 4.69) is 25.8 Å². The molecule has 0 saturated carbocycles. The van der Waals surface area contributed by atoms with Gasteiger partial charge >= 0.3 is 0 Å². The number of anilines is 1. The molecule has 2 N–H and O–H groups in total. The van der Waals surface area contributed by atoms with Crippen LogP contribution in [0.2, 0.25) is 0 Å². The lowest BCUT2D eigenvalue weighted by Crippen LogP contribution is -2.47. The average molecular weight is 279 g/mol. The molecule has 0 bridgehead atoms. The lowest BCUT2D eigenvalue weighted by molar-refractivity contribution is -0.122. The predicted molar refractivity (Wildman–Crippen MR) is 79.6 cm³/mol. The number of hydrogen-bond donors (Lipinski definition) is 2. The average Bonchev–Trinajstić information content (AvgIpc) is 2.36. The molecule has 1 aromatic heterocycles. The minimum atomic E-state index is -0.409. The fraction of sp³-hybridized carbons (Fsp3) is 0.714. The Balaban J connectivity index is 2.75. The summed E-state index contributed by atoms with van der Waals surface area (Å²) in [5.74, 6) is 0.314. The zero-order chi connectivity index (χ0) is 15.3. The Morgan fingerprint density at radius 1 is 1.15 bits per heavy atom. The highest BCUT2D eigenvalue weighted by Crippen LogP contribution is 2.08. The quantitative estimate of drug-likeness (QED) is 0.857. The molecule has 0 aliphatic carbocycles. The van der Waals surface area contributed by atoms with Crippen LogP contribution in [0.25, 0.3) is 0 Å². The van der Waals surface area contributed by atoms with E-state index in [1.165, 1.54) is 0 Å². The molecule has 1 unspecified atom stereocenters. The fourth-order valence-corrected chi connectivity index (χ4v) is 1.74. The smallest absolute Gasteiger partial charge is 0.243 e. The number of hydrogen-bond acceptors (Lipinski definition) is 5. The molecule has 1 amide bonds. The normalized spacial score (nSPS) is 12.9. The van der Waals surface area contributed by atoms with E-state index < -0.39 is 6.04 Å². The first-order valence-corrected chi connectivity index (χ1v) is 7.07. The molecule has 0 saturated heterocycles. The van der Waals surface area contributed by atoms with Gasteiger partial charge in [-0.2, -0.15) is 5.10 Å². The molecule has 0 aromatic carbocycles. The fourth-order valence-electron chi connectivity index (χ4n) is 1.74. The summed E-state index contributed by atoms with van der Waals surface area (Å²) in [6.45, 7) is 11.7. The van der Waals surface area contributed by atoms with Crippen LogP contribution < -0.4 is 10.6 Å². The van der Waals surface area contributed by atoms with Crippen molar-refractivity contribution in [3.05, 3.63) is 11.4 Å². The Morgan fingerprint density at radius 3 is 2.25 bits per heavy atom. The maximum absolute atomic E-state index is 12.0. The van der Waals surface area contributed by atoms with Gasteiger partial charge in [0.25, 0.3) is 0 Å². The van der Waals surface area contributed by atoms with Gasteiger partial charge in [-0.3, -0.25) is 4.79 Å². The molecule has 0 aliphatic rings. The van der Waals surface area contributed by atoms with E-state index in [-0.39, 0.29) is 11.4 Å². The Hall–Kier alpha value is -1.72. The van der Waals surface area contributed by atoms with Gasteiger partial charge in [0.2, 0.25) is 11.9 Å². The van der Waals surface area contributed by atoms with Crippen LogP contribution in [0.15, 0.2) is 0 Å². The molecule has 0 aliphatic heterocycles. The zero-order valence-corrected chi connectivity index (χ0v) is 13.2. The molecule has 0 spiro atoms. The zero-order valence-electron chi connectivity index (χ0n) is 13.2. The van der Waals surface area contributed by atoms with Gasteiger partial charge in [-0.15, -0.1) is 5.10 Å². The number of rotatable bonds is 5. The SMILES string of the molecule is CCc1nnc(NC(C)C(=O)NC(C)(C)C)nc1CC. The highest BCUT2D eigenvalue weighted by Gasteiger charge is 2.20. The third kappa shape index (κ3) is 4.75. The van der Waals surface area contributed by atoms with Gasteiger partial charge in [-0.1, -0.05) is 13.8 Å². The highest BCUT2D eigenvalue weighted by molar-refractivity contribution is 5.84. The minimum absolute atomic E-state index is 0.0845. The molecule has 0 fully saturated rings. The van der Waals surface area contributed by atoms with Crippen molar-refractivity contribution in [3.63, 3.8) is 0 Å². The Kier molecular flexibility index (Phi) is 5.42. The minimum Gasteiger partial charge on any atom is -0.350 e. The van der Waals surface area contributed by atoms with Crippen LogP contribution in [0, 0.1) is 0 Å². The van der Waals surface area contributed by atoms with Crippen LogP contribution in [-0.2, 0) is 17.6 Å². The molecule has 1 rings (SSSR count).